The van der Waals surface area contributed by atoms with Crippen LogP contribution in [0.4, 0.5) is 0 Å². The number of carboxylic acids is 1. The maximum Gasteiger partial charge on any atom is 0.304 e. The lowest BCUT2D eigenvalue weighted by atomic mass is 10.0. The van der Waals surface area contributed by atoms with Gasteiger partial charge in [0.25, 0.3) is 0 Å². The van der Waals surface area contributed by atoms with Gasteiger partial charge in [0.05, 0.1) is 6.42 Å². The molecule has 1 unspecified atom stereocenters. The fourth-order valence-corrected chi connectivity index (χ4v) is 2.51. The first-order valence-corrected chi connectivity index (χ1v) is 7.06. The Morgan fingerprint density at radius 1 is 1.20 bits per heavy atom. The topological polar surface area (TPSA) is 49.3 Å². The van der Waals surface area contributed by atoms with E-state index in [0.717, 1.165) is 19.3 Å². The van der Waals surface area contributed by atoms with E-state index in [9.17, 15) is 4.79 Å². The molecule has 0 fully saturated rings. The Kier molecular flexibility index (Phi) is 5.13. The fraction of sp³-hybridized carbons (Fsp3) is 0.353. The highest BCUT2D eigenvalue weighted by Gasteiger charge is 2.10. The summed E-state index contributed by atoms with van der Waals surface area (Å²) in [6, 6.07) is 14.9. The molecule has 2 N–H and O–H groups in total. The zero-order valence-corrected chi connectivity index (χ0v) is 11.8. The van der Waals surface area contributed by atoms with Gasteiger partial charge in [0, 0.05) is 6.04 Å². The Labute approximate surface area is 119 Å². The summed E-state index contributed by atoms with van der Waals surface area (Å²) in [6.45, 7) is 0. The quantitative estimate of drug-likeness (QED) is 0.813. The van der Waals surface area contributed by atoms with Gasteiger partial charge in [0.1, 0.15) is 0 Å². The van der Waals surface area contributed by atoms with Gasteiger partial charge in [-0.1, -0.05) is 42.5 Å². The summed E-state index contributed by atoms with van der Waals surface area (Å²) in [6.07, 6.45) is 3.06. The van der Waals surface area contributed by atoms with Gasteiger partial charge in [0.2, 0.25) is 0 Å². The highest BCUT2D eigenvalue weighted by atomic mass is 16.4. The SMILES string of the molecule is CNC(CCCc1ccc2ccccc2c1)CC(=O)O. The van der Waals surface area contributed by atoms with Crippen LogP contribution in [0.25, 0.3) is 10.8 Å². The Morgan fingerprint density at radius 2 is 1.95 bits per heavy atom. The molecular formula is C17H21NO2. The molecule has 3 heteroatoms. The lowest BCUT2D eigenvalue weighted by molar-refractivity contribution is -0.137. The van der Waals surface area contributed by atoms with E-state index in [-0.39, 0.29) is 12.5 Å². The standard InChI is InChI=1S/C17H21NO2/c1-18-16(12-17(19)20)8-4-5-13-9-10-14-6-2-3-7-15(14)11-13/h2-3,6-7,9-11,16,18H,4-5,8,12H2,1H3,(H,19,20). The highest BCUT2D eigenvalue weighted by molar-refractivity contribution is 5.82. The fourth-order valence-electron chi connectivity index (χ4n) is 2.51. The number of fused-ring (bicyclic) bond motifs is 1. The summed E-state index contributed by atoms with van der Waals surface area (Å²) in [5, 5.41) is 14.4. The minimum atomic E-state index is -0.741. The number of rotatable bonds is 7. The first-order valence-electron chi connectivity index (χ1n) is 7.06. The Morgan fingerprint density at radius 3 is 2.65 bits per heavy atom. The van der Waals surface area contributed by atoms with Gasteiger partial charge >= 0.3 is 5.97 Å². The molecule has 2 aromatic rings. The maximum atomic E-state index is 10.7. The van der Waals surface area contributed by atoms with E-state index in [0.29, 0.717) is 0 Å². The second kappa shape index (κ2) is 7.06. The van der Waals surface area contributed by atoms with Crippen LogP contribution >= 0.6 is 0 Å². The number of carboxylic acid groups (broad SMARTS) is 1. The summed E-state index contributed by atoms with van der Waals surface area (Å²) in [7, 11) is 1.82. The normalized spacial score (nSPS) is 12.4. The van der Waals surface area contributed by atoms with E-state index < -0.39 is 5.97 Å². The molecule has 0 aliphatic rings. The Hall–Kier alpha value is -1.87. The molecule has 0 aliphatic carbocycles. The molecule has 20 heavy (non-hydrogen) atoms. The van der Waals surface area contributed by atoms with Gasteiger partial charge in [-0.2, -0.15) is 0 Å². The van der Waals surface area contributed by atoms with Crippen LogP contribution in [0.15, 0.2) is 42.5 Å². The maximum absolute atomic E-state index is 10.7. The van der Waals surface area contributed by atoms with Crippen LogP contribution in [-0.4, -0.2) is 24.2 Å². The Balaban J connectivity index is 1.90. The molecule has 2 aromatic carbocycles. The second-order valence-electron chi connectivity index (χ2n) is 5.16. The van der Waals surface area contributed by atoms with E-state index in [2.05, 4.69) is 41.7 Å². The average molecular weight is 271 g/mol. The Bertz CT molecular complexity index is 580. The second-order valence-corrected chi connectivity index (χ2v) is 5.16. The molecule has 0 amide bonds. The third kappa shape index (κ3) is 4.07. The van der Waals surface area contributed by atoms with Gasteiger partial charge in [-0.25, -0.2) is 0 Å². The molecule has 1 atom stereocenters. The molecule has 0 spiro atoms. The monoisotopic (exact) mass is 271 g/mol. The van der Waals surface area contributed by atoms with Crippen LogP contribution in [0.1, 0.15) is 24.8 Å². The van der Waals surface area contributed by atoms with Crippen LogP contribution < -0.4 is 5.32 Å². The number of aliphatic carboxylic acids is 1. The summed E-state index contributed by atoms with van der Waals surface area (Å²) in [4.78, 5) is 10.7. The molecule has 0 heterocycles. The average Bonchev–Trinajstić information content (AvgIpc) is 2.45. The lowest BCUT2D eigenvalue weighted by Crippen LogP contribution is -2.28. The van der Waals surface area contributed by atoms with Gasteiger partial charge in [0.15, 0.2) is 0 Å². The van der Waals surface area contributed by atoms with Crippen molar-refractivity contribution in [3.8, 4) is 0 Å². The van der Waals surface area contributed by atoms with Gasteiger partial charge in [-0.15, -0.1) is 0 Å². The highest BCUT2D eigenvalue weighted by Crippen LogP contribution is 2.17. The predicted octanol–water partition coefficient (Wildman–Crippen LogP) is 3.23. The molecule has 3 nitrogen and oxygen atoms in total. The van der Waals surface area contributed by atoms with E-state index in [1.165, 1.54) is 16.3 Å². The number of hydrogen-bond acceptors (Lipinski definition) is 2. The first kappa shape index (κ1) is 14.5. The van der Waals surface area contributed by atoms with Crippen molar-refractivity contribution >= 4 is 16.7 Å². The molecule has 0 aliphatic heterocycles. The molecule has 106 valence electrons. The van der Waals surface area contributed by atoms with Crippen LogP contribution in [0, 0.1) is 0 Å². The van der Waals surface area contributed by atoms with E-state index >= 15 is 0 Å². The summed E-state index contributed by atoms with van der Waals surface area (Å²) < 4.78 is 0. The predicted molar refractivity (Wildman–Crippen MR) is 82.0 cm³/mol. The number of hydrogen-bond donors (Lipinski definition) is 2. The van der Waals surface area contributed by atoms with Gasteiger partial charge in [-0.3, -0.25) is 4.79 Å². The largest absolute Gasteiger partial charge is 0.481 e. The minimum absolute atomic E-state index is 0.0629. The molecular weight excluding hydrogens is 250 g/mol. The third-order valence-corrected chi connectivity index (χ3v) is 3.66. The van der Waals surface area contributed by atoms with Gasteiger partial charge < -0.3 is 10.4 Å². The lowest BCUT2D eigenvalue weighted by Gasteiger charge is -2.13. The molecule has 0 bridgehead atoms. The summed E-state index contributed by atoms with van der Waals surface area (Å²) >= 11 is 0. The zero-order chi connectivity index (χ0) is 14.4. The van der Waals surface area contributed by atoms with Crippen molar-refractivity contribution in [1.29, 1.82) is 0 Å². The van der Waals surface area contributed by atoms with Gasteiger partial charge in [-0.05, 0) is 42.6 Å². The number of benzene rings is 2. The van der Waals surface area contributed by atoms with Crippen molar-refractivity contribution in [1.82, 2.24) is 5.32 Å². The van der Waals surface area contributed by atoms with Crippen LogP contribution in [0.5, 0.6) is 0 Å². The van der Waals surface area contributed by atoms with Crippen molar-refractivity contribution in [3.05, 3.63) is 48.0 Å². The van der Waals surface area contributed by atoms with Crippen molar-refractivity contribution in [2.45, 2.75) is 31.7 Å². The number of nitrogens with one attached hydrogen (secondary N) is 1. The van der Waals surface area contributed by atoms with E-state index in [4.69, 9.17) is 5.11 Å². The van der Waals surface area contributed by atoms with Crippen LogP contribution in [0.3, 0.4) is 0 Å². The molecule has 0 aromatic heterocycles. The minimum Gasteiger partial charge on any atom is -0.481 e. The summed E-state index contributed by atoms with van der Waals surface area (Å²) in [5.74, 6) is -0.741. The van der Waals surface area contributed by atoms with Crippen LogP contribution in [-0.2, 0) is 11.2 Å². The zero-order valence-electron chi connectivity index (χ0n) is 11.8. The van der Waals surface area contributed by atoms with E-state index in [1.807, 2.05) is 13.1 Å². The van der Waals surface area contributed by atoms with Crippen molar-refractivity contribution < 1.29 is 9.90 Å². The van der Waals surface area contributed by atoms with E-state index in [1.54, 1.807) is 0 Å². The molecule has 0 saturated carbocycles. The summed E-state index contributed by atoms with van der Waals surface area (Å²) in [5.41, 5.74) is 1.31. The first-order chi connectivity index (χ1) is 9.69. The smallest absolute Gasteiger partial charge is 0.304 e. The van der Waals surface area contributed by atoms with Crippen LogP contribution in [0.2, 0.25) is 0 Å². The van der Waals surface area contributed by atoms with Crippen molar-refractivity contribution in [2.75, 3.05) is 7.05 Å². The molecule has 2 rings (SSSR count). The van der Waals surface area contributed by atoms with Crippen molar-refractivity contribution in [3.63, 3.8) is 0 Å². The third-order valence-electron chi connectivity index (χ3n) is 3.66. The number of carbonyl (C=O) groups is 1. The molecule has 0 radical (unpaired) electrons. The number of aryl methyl sites for hydroxylation is 1. The molecule has 0 saturated heterocycles. The van der Waals surface area contributed by atoms with Crippen molar-refractivity contribution in [2.24, 2.45) is 0 Å².